The minimum Gasteiger partial charge on any atom is -0.348 e. The number of nitrogens with one attached hydrogen (secondary N) is 1. The van der Waals surface area contributed by atoms with E-state index in [2.05, 4.69) is 5.32 Å². The maximum Gasteiger partial charge on any atom is 0.244 e. The molecule has 2 aromatic rings. The van der Waals surface area contributed by atoms with Gasteiger partial charge in [0.05, 0.1) is 18.0 Å². The van der Waals surface area contributed by atoms with Crippen molar-refractivity contribution in [2.45, 2.75) is 32.4 Å². The number of halogens is 2. The molecule has 5 nitrogen and oxygen atoms in total. The Labute approximate surface area is 164 Å². The highest BCUT2D eigenvalue weighted by Crippen LogP contribution is 2.26. The molecule has 2 unspecified atom stereocenters. The molecule has 146 valence electrons. The fourth-order valence-corrected chi connectivity index (χ4v) is 4.21. The summed E-state index contributed by atoms with van der Waals surface area (Å²) in [5.74, 6) is -0.812. The molecule has 27 heavy (non-hydrogen) atoms. The number of anilines is 1. The summed E-state index contributed by atoms with van der Waals surface area (Å²) in [7, 11) is -3.73. The summed E-state index contributed by atoms with van der Waals surface area (Å²) < 4.78 is 39.0. The van der Waals surface area contributed by atoms with E-state index in [0.717, 1.165) is 10.6 Å². The first-order valence-electron chi connectivity index (χ1n) is 8.44. The molecule has 0 aliphatic heterocycles. The second kappa shape index (κ2) is 8.71. The molecule has 0 saturated heterocycles. The molecule has 0 heterocycles. The van der Waals surface area contributed by atoms with E-state index in [4.69, 9.17) is 11.6 Å². The second-order valence-corrected chi connectivity index (χ2v) is 8.54. The lowest BCUT2D eigenvalue weighted by Gasteiger charge is -2.31. The van der Waals surface area contributed by atoms with Gasteiger partial charge >= 0.3 is 0 Å². The SMILES string of the molecule is CCC(C(=O)NC(C)c1ccc(F)cc1)N(c1cccc(Cl)c1)S(C)(=O)=O. The molecule has 1 N–H and O–H groups in total. The van der Waals surface area contributed by atoms with Crippen molar-refractivity contribution in [3.05, 3.63) is 64.9 Å². The van der Waals surface area contributed by atoms with Gasteiger partial charge in [0.2, 0.25) is 15.9 Å². The third-order valence-corrected chi connectivity index (χ3v) is 5.54. The Hall–Kier alpha value is -2.12. The zero-order valence-electron chi connectivity index (χ0n) is 15.3. The highest BCUT2D eigenvalue weighted by atomic mass is 35.5. The molecule has 0 aromatic heterocycles. The summed E-state index contributed by atoms with van der Waals surface area (Å²) >= 11 is 5.99. The Kier molecular flexibility index (Phi) is 6.84. The largest absolute Gasteiger partial charge is 0.348 e. The van der Waals surface area contributed by atoms with Crippen molar-refractivity contribution in [2.24, 2.45) is 0 Å². The van der Waals surface area contributed by atoms with Crippen LogP contribution in [-0.4, -0.2) is 26.6 Å². The van der Waals surface area contributed by atoms with E-state index in [-0.39, 0.29) is 12.2 Å². The standard InChI is InChI=1S/C19H22ClFN2O3S/c1-4-18(19(24)22-13(2)14-8-10-16(21)11-9-14)23(27(3,25)26)17-7-5-6-15(20)12-17/h5-13,18H,4H2,1-3H3,(H,22,24). The number of benzene rings is 2. The van der Waals surface area contributed by atoms with Crippen molar-refractivity contribution in [1.29, 1.82) is 0 Å². The van der Waals surface area contributed by atoms with Crippen LogP contribution in [0.5, 0.6) is 0 Å². The maximum absolute atomic E-state index is 13.1. The van der Waals surface area contributed by atoms with Crippen LogP contribution in [0.15, 0.2) is 48.5 Å². The molecule has 2 aromatic carbocycles. The second-order valence-electron chi connectivity index (χ2n) is 6.24. The van der Waals surface area contributed by atoms with Gasteiger partial charge in [-0.25, -0.2) is 12.8 Å². The number of hydrogen-bond acceptors (Lipinski definition) is 3. The Morgan fingerprint density at radius 1 is 1.22 bits per heavy atom. The predicted octanol–water partition coefficient (Wildman–Crippen LogP) is 3.90. The normalized spacial score (nSPS) is 13.7. The number of sulfonamides is 1. The Morgan fingerprint density at radius 2 is 1.85 bits per heavy atom. The van der Waals surface area contributed by atoms with Gasteiger partial charge in [-0.15, -0.1) is 0 Å². The van der Waals surface area contributed by atoms with E-state index < -0.39 is 28.0 Å². The Balaban J connectivity index is 2.30. The third kappa shape index (κ3) is 5.43. The van der Waals surface area contributed by atoms with E-state index in [1.54, 1.807) is 44.2 Å². The van der Waals surface area contributed by atoms with Gasteiger partial charge in [-0.3, -0.25) is 9.10 Å². The molecule has 2 rings (SSSR count). The van der Waals surface area contributed by atoms with Crippen molar-refractivity contribution < 1.29 is 17.6 Å². The highest BCUT2D eigenvalue weighted by Gasteiger charge is 2.32. The predicted molar refractivity (Wildman–Crippen MR) is 106 cm³/mol. The van der Waals surface area contributed by atoms with E-state index in [1.807, 2.05) is 0 Å². The zero-order chi connectivity index (χ0) is 20.2. The number of amides is 1. The van der Waals surface area contributed by atoms with Crippen LogP contribution in [0, 0.1) is 5.82 Å². The van der Waals surface area contributed by atoms with Gasteiger partial charge in [-0.2, -0.15) is 0 Å². The molecule has 0 spiro atoms. The molecule has 0 aliphatic carbocycles. The monoisotopic (exact) mass is 412 g/mol. The number of hydrogen-bond donors (Lipinski definition) is 1. The molecule has 1 amide bonds. The van der Waals surface area contributed by atoms with Crippen LogP contribution < -0.4 is 9.62 Å². The maximum atomic E-state index is 13.1. The lowest BCUT2D eigenvalue weighted by Crippen LogP contribution is -2.49. The number of carbonyl (C=O) groups is 1. The Morgan fingerprint density at radius 3 is 2.37 bits per heavy atom. The van der Waals surface area contributed by atoms with Gasteiger partial charge in [0.25, 0.3) is 0 Å². The number of carbonyl (C=O) groups excluding carboxylic acids is 1. The van der Waals surface area contributed by atoms with Crippen LogP contribution in [0.4, 0.5) is 10.1 Å². The van der Waals surface area contributed by atoms with Crippen molar-refractivity contribution in [2.75, 3.05) is 10.6 Å². The van der Waals surface area contributed by atoms with Gasteiger partial charge in [-0.05, 0) is 49.2 Å². The number of nitrogens with zero attached hydrogens (tertiary/aromatic N) is 1. The van der Waals surface area contributed by atoms with E-state index in [1.165, 1.54) is 18.2 Å². The summed E-state index contributed by atoms with van der Waals surface area (Å²) in [6.45, 7) is 3.48. The molecule has 0 radical (unpaired) electrons. The third-order valence-electron chi connectivity index (χ3n) is 4.12. The first-order chi connectivity index (χ1) is 12.6. The average molecular weight is 413 g/mol. The van der Waals surface area contributed by atoms with Crippen LogP contribution in [0.2, 0.25) is 5.02 Å². The lowest BCUT2D eigenvalue weighted by molar-refractivity contribution is -0.122. The number of rotatable bonds is 7. The molecule has 2 atom stereocenters. The van der Waals surface area contributed by atoms with E-state index in [0.29, 0.717) is 16.3 Å². The first kappa shape index (κ1) is 21.2. The van der Waals surface area contributed by atoms with E-state index >= 15 is 0 Å². The van der Waals surface area contributed by atoms with Gasteiger partial charge < -0.3 is 5.32 Å². The lowest BCUT2D eigenvalue weighted by atomic mass is 10.1. The molecular weight excluding hydrogens is 391 g/mol. The topological polar surface area (TPSA) is 66.5 Å². The summed E-state index contributed by atoms with van der Waals surface area (Å²) in [4.78, 5) is 12.8. The molecule has 0 saturated carbocycles. The van der Waals surface area contributed by atoms with Crippen molar-refractivity contribution in [3.63, 3.8) is 0 Å². The summed E-state index contributed by atoms with van der Waals surface area (Å²) in [5.41, 5.74) is 1.04. The van der Waals surface area contributed by atoms with Crippen LogP contribution in [0.3, 0.4) is 0 Å². The molecular formula is C19H22ClFN2O3S. The summed E-state index contributed by atoms with van der Waals surface area (Å²) in [5, 5.41) is 3.17. The van der Waals surface area contributed by atoms with Crippen LogP contribution in [0.25, 0.3) is 0 Å². The minimum absolute atomic E-state index is 0.265. The molecule has 8 heteroatoms. The average Bonchev–Trinajstić information content (AvgIpc) is 2.58. The van der Waals surface area contributed by atoms with E-state index in [9.17, 15) is 17.6 Å². The van der Waals surface area contributed by atoms with Gasteiger partial charge in [0.15, 0.2) is 0 Å². The Bertz CT molecular complexity index is 903. The van der Waals surface area contributed by atoms with Gasteiger partial charge in [0, 0.05) is 5.02 Å². The van der Waals surface area contributed by atoms with Crippen molar-refractivity contribution >= 4 is 33.2 Å². The summed E-state index contributed by atoms with van der Waals surface area (Å²) in [6, 6.07) is 10.8. The van der Waals surface area contributed by atoms with Crippen molar-refractivity contribution in [3.8, 4) is 0 Å². The van der Waals surface area contributed by atoms with Crippen LogP contribution in [0.1, 0.15) is 31.9 Å². The fraction of sp³-hybridized carbons (Fsp3) is 0.316. The quantitative estimate of drug-likeness (QED) is 0.749. The highest BCUT2D eigenvalue weighted by molar-refractivity contribution is 7.92. The smallest absolute Gasteiger partial charge is 0.244 e. The minimum atomic E-state index is -3.73. The van der Waals surface area contributed by atoms with Gasteiger partial charge in [-0.1, -0.05) is 36.7 Å². The van der Waals surface area contributed by atoms with Crippen molar-refractivity contribution in [1.82, 2.24) is 5.32 Å². The fourth-order valence-electron chi connectivity index (χ4n) is 2.82. The summed E-state index contributed by atoms with van der Waals surface area (Å²) in [6.07, 6.45) is 1.31. The van der Waals surface area contributed by atoms with Gasteiger partial charge in [0.1, 0.15) is 11.9 Å². The first-order valence-corrected chi connectivity index (χ1v) is 10.7. The molecule has 0 fully saturated rings. The molecule has 0 aliphatic rings. The molecule has 0 bridgehead atoms. The van der Waals surface area contributed by atoms with Crippen LogP contribution in [-0.2, 0) is 14.8 Å². The zero-order valence-corrected chi connectivity index (χ0v) is 16.9. The van der Waals surface area contributed by atoms with Crippen LogP contribution >= 0.6 is 11.6 Å².